The van der Waals surface area contributed by atoms with Crippen LogP contribution < -0.4 is 40.1 Å². The second kappa shape index (κ2) is 26.9. The minimum absolute atomic E-state index is 0.0166. The van der Waals surface area contributed by atoms with Gasteiger partial charge in [-0.25, -0.2) is 35.4 Å². The normalized spacial score (nSPS) is 13.8. The number of benzene rings is 2. The van der Waals surface area contributed by atoms with Gasteiger partial charge in [-0.2, -0.15) is 0 Å². The van der Waals surface area contributed by atoms with Gasteiger partial charge >= 0.3 is 5.97 Å². The Morgan fingerprint density at radius 1 is 0.584 bits per heavy atom. The molecule has 2 fully saturated rings. The first-order valence-electron chi connectivity index (χ1n) is 24.9. The largest absolute Gasteiger partial charge is 0.497 e. The molecule has 0 spiro atoms. The summed E-state index contributed by atoms with van der Waals surface area (Å²) in [6, 6.07) is 22.4. The summed E-state index contributed by atoms with van der Waals surface area (Å²) in [6.45, 7) is 14.2. The summed E-state index contributed by atoms with van der Waals surface area (Å²) in [7, 11) is -1.55. The number of sulfonamides is 2. The molecule has 0 radical (unpaired) electrons. The zero-order valence-electron chi connectivity index (χ0n) is 45.0. The number of carbonyl (C=O) groups excluding carboxylic acids is 1. The Bertz CT molecular complexity index is 3080. The molecule has 23 heteroatoms. The maximum absolute atomic E-state index is 13.2. The van der Waals surface area contributed by atoms with Crippen LogP contribution in [0.3, 0.4) is 0 Å². The maximum Gasteiger partial charge on any atom is 0.304 e. The average molecular weight is 1100 g/mol. The van der Waals surface area contributed by atoms with Crippen molar-refractivity contribution < 1.29 is 41.0 Å². The number of nitrogens with two attached hydrogens (primary N) is 1. The van der Waals surface area contributed by atoms with Gasteiger partial charge in [0.2, 0.25) is 26.0 Å². The predicted molar refractivity (Wildman–Crippen MR) is 300 cm³/mol. The number of carboxylic acid groups (broad SMARTS) is 1. The van der Waals surface area contributed by atoms with Crippen LogP contribution in [0.5, 0.6) is 11.5 Å². The lowest BCUT2D eigenvalue weighted by Crippen LogP contribution is -2.46. The van der Waals surface area contributed by atoms with Crippen molar-refractivity contribution in [2.45, 2.75) is 50.3 Å². The quantitative estimate of drug-likeness (QED) is 0.0966. The molecule has 0 aliphatic carbocycles. The van der Waals surface area contributed by atoms with Crippen LogP contribution in [0.2, 0.25) is 0 Å². The SMILES string of the molecule is COc1cc(C)c(S(=O)(=O)N(C)CCC(=O)Nc2ccc(N3CCN(c4ccncc4)CC3)nc2)c(C)c1.COc1cc(C)c(S(=O)(=O)N(C)CCC(=O)O)c(C)c1.Nc1ccc(N2CCN(c3ccncc3)CC2)nc1. The average Bonchev–Trinajstić information content (AvgIpc) is 3.43. The number of aromatic nitrogens is 4. The second-order valence-corrected chi connectivity index (χ2v) is 22.5. The minimum atomic E-state index is -3.76. The number of carboxylic acids is 1. The molecule has 77 heavy (non-hydrogen) atoms. The monoisotopic (exact) mass is 1090 g/mol. The number of piperazine rings is 2. The number of rotatable bonds is 17. The molecule has 412 valence electrons. The van der Waals surface area contributed by atoms with Crippen molar-refractivity contribution in [2.75, 3.05) is 124 Å². The number of aliphatic carboxylic acids is 1. The second-order valence-electron chi connectivity index (χ2n) is 18.5. The Balaban J connectivity index is 0.000000207. The van der Waals surface area contributed by atoms with E-state index in [1.54, 1.807) is 83.9 Å². The standard InChI is InChI=1S/C27H34N6O4S.C14H17N5.C13H19NO5S/c1-20-17-24(37-4)18-21(2)27(20)38(35,36)31(3)12-9-26(34)30-22-5-6-25(29-19-22)33-15-13-32(14-16-33)23-7-10-28-11-8-23;15-12-1-2-14(17-11-12)19-9-7-18(8-10-19)13-3-5-16-6-4-13;1-9-7-11(19-4)8-10(2)13(9)20(17,18)14(3)6-5-12(15)16/h5-8,10-11,17-19H,9,12-16H2,1-4H3,(H,30,34);1-6,11H,7-10,15H2;7-8H,5-6H2,1-4H3,(H,15,16). The highest BCUT2D eigenvalue weighted by atomic mass is 32.2. The van der Waals surface area contributed by atoms with Gasteiger partial charge in [0.1, 0.15) is 23.1 Å². The van der Waals surface area contributed by atoms with E-state index < -0.39 is 26.0 Å². The summed E-state index contributed by atoms with van der Waals surface area (Å²) in [6.07, 6.45) is 10.4. The van der Waals surface area contributed by atoms with E-state index in [0.29, 0.717) is 45.1 Å². The highest BCUT2D eigenvalue weighted by Crippen LogP contribution is 2.30. The van der Waals surface area contributed by atoms with Gasteiger partial charge < -0.3 is 45.2 Å². The third-order valence-electron chi connectivity index (χ3n) is 13.0. The summed E-state index contributed by atoms with van der Waals surface area (Å²) < 4.78 is 63.9. The smallest absolute Gasteiger partial charge is 0.304 e. The molecule has 4 aromatic heterocycles. The number of nitrogens with one attached hydrogen (secondary N) is 1. The van der Waals surface area contributed by atoms with Crippen molar-refractivity contribution in [3.05, 3.63) is 132 Å². The van der Waals surface area contributed by atoms with Gasteiger partial charge in [0, 0.05) is 122 Å². The fourth-order valence-electron chi connectivity index (χ4n) is 8.89. The molecule has 0 atom stereocenters. The first-order chi connectivity index (χ1) is 36.7. The number of carbonyl (C=O) groups is 2. The number of hydrogen-bond donors (Lipinski definition) is 3. The van der Waals surface area contributed by atoms with Crippen molar-refractivity contribution in [1.82, 2.24) is 28.5 Å². The van der Waals surface area contributed by atoms with Gasteiger partial charge in [-0.3, -0.25) is 19.6 Å². The number of aryl methyl sites for hydroxylation is 4. The van der Waals surface area contributed by atoms with Crippen molar-refractivity contribution in [3.8, 4) is 11.5 Å². The minimum Gasteiger partial charge on any atom is -0.497 e. The Labute approximate surface area is 452 Å². The van der Waals surface area contributed by atoms with E-state index in [0.717, 1.165) is 68.3 Å². The molecule has 2 aliphatic rings. The van der Waals surface area contributed by atoms with E-state index in [1.165, 1.54) is 36.9 Å². The molecule has 1 amide bonds. The molecule has 8 rings (SSSR count). The molecule has 6 heterocycles. The van der Waals surface area contributed by atoms with Crippen LogP contribution in [0.1, 0.15) is 35.1 Å². The van der Waals surface area contributed by atoms with Crippen LogP contribution in [0.15, 0.2) is 120 Å². The Morgan fingerprint density at radius 2 is 0.961 bits per heavy atom. The van der Waals surface area contributed by atoms with Crippen LogP contribution in [-0.2, 0) is 29.6 Å². The number of nitrogens with zero attached hydrogens (tertiary/aromatic N) is 10. The molecule has 21 nitrogen and oxygen atoms in total. The summed E-state index contributed by atoms with van der Waals surface area (Å²) in [5.74, 6) is 1.74. The third-order valence-corrected chi connectivity index (χ3v) is 17.4. The van der Waals surface area contributed by atoms with Crippen LogP contribution in [0.4, 0.5) is 34.4 Å². The molecule has 4 N–H and O–H groups in total. The number of hydrogen-bond acceptors (Lipinski definition) is 17. The van der Waals surface area contributed by atoms with E-state index >= 15 is 0 Å². The molecule has 2 saturated heterocycles. The number of pyridine rings is 4. The van der Waals surface area contributed by atoms with Crippen molar-refractivity contribution in [1.29, 1.82) is 0 Å². The van der Waals surface area contributed by atoms with Crippen LogP contribution in [0.25, 0.3) is 0 Å². The molecule has 0 unspecified atom stereocenters. The van der Waals surface area contributed by atoms with Crippen molar-refractivity contribution >= 4 is 66.3 Å². The number of nitrogen functional groups attached to an aromatic ring is 1. The molecular formula is C54H70N12O9S2. The number of anilines is 6. The zero-order valence-corrected chi connectivity index (χ0v) is 46.6. The van der Waals surface area contributed by atoms with Crippen LogP contribution in [-0.4, -0.2) is 156 Å². The number of ether oxygens (including phenoxy) is 2. The van der Waals surface area contributed by atoms with E-state index in [4.69, 9.17) is 20.3 Å². The van der Waals surface area contributed by atoms with Gasteiger partial charge in [-0.1, -0.05) is 0 Å². The van der Waals surface area contributed by atoms with Gasteiger partial charge in [-0.05, 0) is 123 Å². The highest BCUT2D eigenvalue weighted by molar-refractivity contribution is 7.89. The van der Waals surface area contributed by atoms with Crippen LogP contribution in [0, 0.1) is 27.7 Å². The molecule has 2 aromatic carbocycles. The van der Waals surface area contributed by atoms with Gasteiger partial charge in [0.25, 0.3) is 0 Å². The van der Waals surface area contributed by atoms with E-state index in [9.17, 15) is 26.4 Å². The Morgan fingerprint density at radius 3 is 1.31 bits per heavy atom. The lowest BCUT2D eigenvalue weighted by atomic mass is 10.1. The summed E-state index contributed by atoms with van der Waals surface area (Å²) in [5, 5.41) is 11.5. The number of amides is 1. The number of methoxy groups -OCH3 is 2. The summed E-state index contributed by atoms with van der Waals surface area (Å²) >= 11 is 0. The van der Waals surface area contributed by atoms with E-state index in [2.05, 4.69) is 57.0 Å². The third kappa shape index (κ3) is 15.7. The van der Waals surface area contributed by atoms with E-state index in [1.807, 2.05) is 48.8 Å². The first kappa shape index (κ1) is 58.7. The first-order valence-corrected chi connectivity index (χ1v) is 27.8. The molecule has 0 bridgehead atoms. The molecule has 6 aromatic rings. The van der Waals surface area contributed by atoms with Crippen molar-refractivity contribution in [3.63, 3.8) is 0 Å². The van der Waals surface area contributed by atoms with Gasteiger partial charge in [-0.15, -0.1) is 0 Å². The topological polar surface area (TPSA) is 250 Å². The van der Waals surface area contributed by atoms with Gasteiger partial charge in [0.15, 0.2) is 0 Å². The maximum atomic E-state index is 13.2. The van der Waals surface area contributed by atoms with Gasteiger partial charge in [0.05, 0.1) is 54.2 Å². The molecular weight excluding hydrogens is 1020 g/mol. The predicted octanol–water partition coefficient (Wildman–Crippen LogP) is 5.87. The van der Waals surface area contributed by atoms with Crippen LogP contribution >= 0.6 is 0 Å². The summed E-state index contributed by atoms with van der Waals surface area (Å²) in [5.41, 5.74) is 11.7. The lowest BCUT2D eigenvalue weighted by Gasteiger charge is -2.36. The zero-order chi connectivity index (χ0) is 55.9. The lowest BCUT2D eigenvalue weighted by molar-refractivity contribution is -0.137. The summed E-state index contributed by atoms with van der Waals surface area (Å²) in [4.78, 5) is 49.8. The molecule has 0 saturated carbocycles. The molecule has 2 aliphatic heterocycles. The highest BCUT2D eigenvalue weighted by Gasteiger charge is 2.28. The Hall–Kier alpha value is -7.60. The fraction of sp³-hybridized carbons (Fsp3) is 0.370. The Kier molecular flexibility index (Phi) is 20.5. The fourth-order valence-corrected chi connectivity index (χ4v) is 12.0. The van der Waals surface area contributed by atoms with E-state index in [-0.39, 0.29) is 41.6 Å². The van der Waals surface area contributed by atoms with Crippen molar-refractivity contribution in [2.24, 2.45) is 0 Å².